The monoisotopic (exact) mass is 278 g/mol. The van der Waals surface area contributed by atoms with Crippen LogP contribution in [0.4, 0.5) is 5.82 Å². The fraction of sp³-hybridized carbons (Fsp3) is 0.500. The SMILES string of the molecule is CCNc1nc(C(C)C)nc(Sc2ncn[nH]2)c1C. The first kappa shape index (κ1) is 13.8. The van der Waals surface area contributed by atoms with Crippen LogP contribution >= 0.6 is 11.8 Å². The van der Waals surface area contributed by atoms with Gasteiger partial charge in [0, 0.05) is 18.0 Å². The lowest BCUT2D eigenvalue weighted by Crippen LogP contribution is -2.08. The molecular weight excluding hydrogens is 260 g/mol. The molecule has 2 heterocycles. The van der Waals surface area contributed by atoms with Gasteiger partial charge in [-0.3, -0.25) is 5.10 Å². The highest BCUT2D eigenvalue weighted by atomic mass is 32.2. The van der Waals surface area contributed by atoms with Gasteiger partial charge in [0.15, 0.2) is 5.16 Å². The summed E-state index contributed by atoms with van der Waals surface area (Å²) in [6.45, 7) is 9.08. The highest BCUT2D eigenvalue weighted by Gasteiger charge is 2.14. The molecule has 19 heavy (non-hydrogen) atoms. The summed E-state index contributed by atoms with van der Waals surface area (Å²) in [5.74, 6) is 2.01. The fourth-order valence-corrected chi connectivity index (χ4v) is 2.31. The van der Waals surface area contributed by atoms with E-state index in [0.717, 1.165) is 33.9 Å². The van der Waals surface area contributed by atoms with E-state index in [4.69, 9.17) is 0 Å². The Kier molecular flexibility index (Phi) is 4.36. The average Bonchev–Trinajstić information content (AvgIpc) is 2.87. The van der Waals surface area contributed by atoms with Crippen molar-refractivity contribution in [3.8, 4) is 0 Å². The first-order chi connectivity index (χ1) is 9.11. The molecule has 0 amide bonds. The molecule has 2 aromatic heterocycles. The third kappa shape index (κ3) is 3.23. The summed E-state index contributed by atoms with van der Waals surface area (Å²) in [4.78, 5) is 13.3. The maximum Gasteiger partial charge on any atom is 0.189 e. The van der Waals surface area contributed by atoms with Crippen LogP contribution in [0.5, 0.6) is 0 Å². The molecule has 0 fully saturated rings. The van der Waals surface area contributed by atoms with Crippen LogP contribution in [0.1, 0.15) is 38.1 Å². The zero-order valence-electron chi connectivity index (χ0n) is 11.6. The molecule has 0 saturated carbocycles. The van der Waals surface area contributed by atoms with E-state index in [1.165, 1.54) is 18.1 Å². The normalized spacial score (nSPS) is 11.0. The van der Waals surface area contributed by atoms with Gasteiger partial charge in [-0.2, -0.15) is 5.10 Å². The van der Waals surface area contributed by atoms with E-state index in [9.17, 15) is 0 Å². The molecule has 0 atom stereocenters. The smallest absolute Gasteiger partial charge is 0.189 e. The number of aromatic amines is 1. The standard InChI is InChI=1S/C12H18N6S/c1-5-13-10-8(4)11(17-9(16-10)7(2)3)19-12-14-6-15-18-12/h6-7H,5H2,1-4H3,(H,13,16,17)(H,14,15,18). The van der Waals surface area contributed by atoms with Crippen molar-refractivity contribution in [3.05, 3.63) is 17.7 Å². The molecule has 0 aromatic carbocycles. The summed E-state index contributed by atoms with van der Waals surface area (Å²) in [5, 5.41) is 11.6. The van der Waals surface area contributed by atoms with Gasteiger partial charge in [-0.25, -0.2) is 15.0 Å². The van der Waals surface area contributed by atoms with E-state index in [2.05, 4.69) is 51.2 Å². The van der Waals surface area contributed by atoms with Gasteiger partial charge in [0.2, 0.25) is 0 Å². The number of anilines is 1. The highest BCUT2D eigenvalue weighted by molar-refractivity contribution is 7.99. The first-order valence-electron chi connectivity index (χ1n) is 6.27. The number of H-pyrrole nitrogens is 1. The lowest BCUT2D eigenvalue weighted by molar-refractivity contribution is 0.748. The number of aromatic nitrogens is 5. The summed E-state index contributed by atoms with van der Waals surface area (Å²) < 4.78 is 0. The van der Waals surface area contributed by atoms with E-state index < -0.39 is 0 Å². The molecule has 0 bridgehead atoms. The van der Waals surface area contributed by atoms with Crippen molar-refractivity contribution in [1.29, 1.82) is 0 Å². The quantitative estimate of drug-likeness (QED) is 0.818. The Hall–Kier alpha value is -1.63. The Bertz CT molecular complexity index is 537. The van der Waals surface area contributed by atoms with Gasteiger partial charge in [0.05, 0.1) is 0 Å². The lowest BCUT2D eigenvalue weighted by Gasteiger charge is -2.13. The van der Waals surface area contributed by atoms with Gasteiger partial charge in [-0.05, 0) is 25.6 Å². The molecule has 2 N–H and O–H groups in total. The van der Waals surface area contributed by atoms with E-state index in [0.29, 0.717) is 0 Å². The maximum absolute atomic E-state index is 4.61. The summed E-state index contributed by atoms with van der Waals surface area (Å²) in [5.41, 5.74) is 1.03. The van der Waals surface area contributed by atoms with Crippen LogP contribution in [0.15, 0.2) is 16.5 Å². The molecule has 0 radical (unpaired) electrons. The van der Waals surface area contributed by atoms with Gasteiger partial charge in [0.25, 0.3) is 0 Å². The molecule has 0 spiro atoms. The summed E-state index contributed by atoms with van der Waals surface area (Å²) >= 11 is 1.47. The lowest BCUT2D eigenvalue weighted by atomic mass is 10.2. The van der Waals surface area contributed by atoms with Crippen LogP contribution in [-0.2, 0) is 0 Å². The second kappa shape index (κ2) is 6.01. The van der Waals surface area contributed by atoms with Crippen molar-refractivity contribution in [2.24, 2.45) is 0 Å². The first-order valence-corrected chi connectivity index (χ1v) is 7.09. The molecule has 0 unspecified atom stereocenters. The van der Waals surface area contributed by atoms with Gasteiger partial charge in [-0.1, -0.05) is 13.8 Å². The van der Waals surface area contributed by atoms with Crippen LogP contribution in [-0.4, -0.2) is 31.7 Å². The van der Waals surface area contributed by atoms with Gasteiger partial charge in [0.1, 0.15) is 23.0 Å². The molecule has 0 saturated heterocycles. The number of hydrogen-bond donors (Lipinski definition) is 2. The topological polar surface area (TPSA) is 79.4 Å². The van der Waals surface area contributed by atoms with E-state index in [1.807, 2.05) is 6.92 Å². The van der Waals surface area contributed by atoms with E-state index in [-0.39, 0.29) is 5.92 Å². The summed E-state index contributed by atoms with van der Waals surface area (Å²) in [6.07, 6.45) is 1.49. The largest absolute Gasteiger partial charge is 0.370 e. The molecule has 7 heteroatoms. The van der Waals surface area contributed by atoms with Crippen molar-refractivity contribution in [2.75, 3.05) is 11.9 Å². The Balaban J connectivity index is 2.39. The van der Waals surface area contributed by atoms with Crippen LogP contribution in [0.3, 0.4) is 0 Å². The van der Waals surface area contributed by atoms with Gasteiger partial charge >= 0.3 is 0 Å². The molecule has 0 aliphatic heterocycles. The third-order valence-electron chi connectivity index (χ3n) is 2.57. The molecule has 2 rings (SSSR count). The van der Waals surface area contributed by atoms with Crippen molar-refractivity contribution >= 4 is 17.6 Å². The number of hydrogen-bond acceptors (Lipinski definition) is 6. The Labute approximate surface area is 116 Å². The Morgan fingerprint density at radius 3 is 2.74 bits per heavy atom. The fourth-order valence-electron chi connectivity index (χ4n) is 1.54. The van der Waals surface area contributed by atoms with Crippen molar-refractivity contribution in [2.45, 2.75) is 43.8 Å². The predicted molar refractivity (Wildman–Crippen MR) is 75.5 cm³/mol. The predicted octanol–water partition coefficient (Wildman–Crippen LogP) is 2.61. The Morgan fingerprint density at radius 1 is 1.37 bits per heavy atom. The summed E-state index contributed by atoms with van der Waals surface area (Å²) in [7, 11) is 0. The van der Waals surface area contributed by atoms with Crippen LogP contribution in [0.25, 0.3) is 0 Å². The second-order valence-corrected chi connectivity index (χ2v) is 5.42. The molecule has 6 nitrogen and oxygen atoms in total. The van der Waals surface area contributed by atoms with Crippen LogP contribution in [0.2, 0.25) is 0 Å². The van der Waals surface area contributed by atoms with Crippen molar-refractivity contribution in [3.63, 3.8) is 0 Å². The number of nitrogens with one attached hydrogen (secondary N) is 2. The zero-order chi connectivity index (χ0) is 13.8. The van der Waals surface area contributed by atoms with Crippen molar-refractivity contribution < 1.29 is 0 Å². The average molecular weight is 278 g/mol. The van der Waals surface area contributed by atoms with Gasteiger partial charge in [-0.15, -0.1) is 0 Å². The molecule has 102 valence electrons. The second-order valence-electron chi connectivity index (χ2n) is 4.44. The maximum atomic E-state index is 4.61. The number of rotatable bonds is 5. The minimum Gasteiger partial charge on any atom is -0.370 e. The zero-order valence-corrected chi connectivity index (χ0v) is 12.4. The minimum absolute atomic E-state index is 0.284. The minimum atomic E-state index is 0.284. The summed E-state index contributed by atoms with van der Waals surface area (Å²) in [6, 6.07) is 0. The molecule has 0 aliphatic rings. The van der Waals surface area contributed by atoms with E-state index in [1.54, 1.807) is 0 Å². The molecule has 0 aliphatic carbocycles. The van der Waals surface area contributed by atoms with E-state index >= 15 is 0 Å². The molecule has 2 aromatic rings. The highest BCUT2D eigenvalue weighted by Crippen LogP contribution is 2.30. The molecular formula is C12H18N6S. The number of nitrogens with zero attached hydrogens (tertiary/aromatic N) is 4. The van der Waals surface area contributed by atoms with Crippen LogP contribution < -0.4 is 5.32 Å². The van der Waals surface area contributed by atoms with Crippen molar-refractivity contribution in [1.82, 2.24) is 25.1 Å². The third-order valence-corrected chi connectivity index (χ3v) is 3.55. The Morgan fingerprint density at radius 2 is 2.16 bits per heavy atom. The van der Waals surface area contributed by atoms with Gasteiger partial charge < -0.3 is 5.32 Å². The van der Waals surface area contributed by atoms with Crippen LogP contribution in [0, 0.1) is 6.92 Å².